The lowest BCUT2D eigenvalue weighted by Crippen LogP contribution is -2.45. The molecule has 1 saturated carbocycles. The Morgan fingerprint density at radius 1 is 1.14 bits per heavy atom. The van der Waals surface area contributed by atoms with Crippen LogP contribution in [0.25, 0.3) is 0 Å². The van der Waals surface area contributed by atoms with Gasteiger partial charge in [0.15, 0.2) is 0 Å². The lowest BCUT2D eigenvalue weighted by molar-refractivity contribution is 0.157. The summed E-state index contributed by atoms with van der Waals surface area (Å²) < 4.78 is 0. The van der Waals surface area contributed by atoms with Crippen LogP contribution in [0, 0.1) is 34.0 Å². The predicted molar refractivity (Wildman–Crippen MR) is 53.9 cm³/mol. The fourth-order valence-electron chi connectivity index (χ4n) is 2.28. The van der Waals surface area contributed by atoms with Gasteiger partial charge in [0.1, 0.15) is 5.92 Å². The molecule has 1 unspecified atom stereocenters. The molecule has 2 N–H and O–H groups in total. The van der Waals surface area contributed by atoms with Crippen LogP contribution < -0.4 is 5.73 Å². The number of hydrogen-bond donors (Lipinski definition) is 1. The van der Waals surface area contributed by atoms with Gasteiger partial charge in [0.2, 0.25) is 0 Å². The van der Waals surface area contributed by atoms with Gasteiger partial charge in [-0.2, -0.15) is 10.5 Å². The molecule has 0 aliphatic heterocycles. The fraction of sp³-hybridized carbons (Fsp3) is 0.818. The van der Waals surface area contributed by atoms with Crippen LogP contribution >= 0.6 is 0 Å². The van der Waals surface area contributed by atoms with E-state index in [-0.39, 0.29) is 11.5 Å². The Morgan fingerprint density at radius 3 is 2.07 bits per heavy atom. The van der Waals surface area contributed by atoms with Crippen LogP contribution in [0.2, 0.25) is 0 Å². The van der Waals surface area contributed by atoms with E-state index in [1.807, 2.05) is 12.1 Å². The molecule has 1 aliphatic carbocycles. The Hall–Kier alpha value is -1.06. The lowest BCUT2D eigenvalue weighted by atomic mass is 9.68. The van der Waals surface area contributed by atoms with Gasteiger partial charge in [0.25, 0.3) is 0 Å². The highest BCUT2D eigenvalue weighted by Gasteiger charge is 2.37. The quantitative estimate of drug-likeness (QED) is 0.725. The zero-order valence-corrected chi connectivity index (χ0v) is 8.66. The Morgan fingerprint density at radius 2 is 1.64 bits per heavy atom. The molecular formula is C11H17N3. The second kappa shape index (κ2) is 4.44. The van der Waals surface area contributed by atoms with Gasteiger partial charge < -0.3 is 5.73 Å². The first-order valence-electron chi connectivity index (χ1n) is 5.19. The maximum absolute atomic E-state index is 8.79. The fourth-order valence-corrected chi connectivity index (χ4v) is 2.28. The van der Waals surface area contributed by atoms with Crippen LogP contribution in [0.3, 0.4) is 0 Å². The van der Waals surface area contributed by atoms with Gasteiger partial charge in [0, 0.05) is 6.04 Å². The smallest absolute Gasteiger partial charge is 0.148 e. The molecule has 0 amide bonds. The zero-order valence-electron chi connectivity index (χ0n) is 8.66. The van der Waals surface area contributed by atoms with Crippen molar-refractivity contribution < 1.29 is 0 Å². The van der Waals surface area contributed by atoms with Gasteiger partial charge in [-0.15, -0.1) is 0 Å². The first-order chi connectivity index (χ1) is 6.64. The van der Waals surface area contributed by atoms with E-state index in [2.05, 4.69) is 6.92 Å². The first kappa shape index (κ1) is 11.0. The molecule has 14 heavy (non-hydrogen) atoms. The van der Waals surface area contributed by atoms with E-state index >= 15 is 0 Å². The molecule has 0 aromatic heterocycles. The summed E-state index contributed by atoms with van der Waals surface area (Å²) >= 11 is 0. The Labute approximate surface area is 85.5 Å². The van der Waals surface area contributed by atoms with E-state index in [0.29, 0.717) is 0 Å². The third-order valence-electron chi connectivity index (χ3n) is 3.44. The van der Waals surface area contributed by atoms with Gasteiger partial charge in [-0.05, 0) is 18.3 Å². The summed E-state index contributed by atoms with van der Waals surface area (Å²) in [5.41, 5.74) is 6.00. The molecule has 0 saturated heterocycles. The summed E-state index contributed by atoms with van der Waals surface area (Å²) in [5.74, 6) is -0.655. The average molecular weight is 191 g/mol. The van der Waals surface area contributed by atoms with Crippen molar-refractivity contribution in [2.75, 3.05) is 0 Å². The minimum absolute atomic E-state index is 0.00558. The highest BCUT2D eigenvalue weighted by molar-refractivity contribution is 5.09. The largest absolute Gasteiger partial charge is 0.325 e. The lowest BCUT2D eigenvalue weighted by Gasteiger charge is -2.39. The number of hydrogen-bond acceptors (Lipinski definition) is 3. The van der Waals surface area contributed by atoms with E-state index < -0.39 is 5.92 Å². The average Bonchev–Trinajstić information content (AvgIpc) is 2.20. The van der Waals surface area contributed by atoms with Crippen molar-refractivity contribution in [1.29, 1.82) is 10.5 Å². The Kier molecular flexibility index (Phi) is 3.49. The summed E-state index contributed by atoms with van der Waals surface area (Å²) in [6, 6.07) is 3.68. The molecule has 1 aliphatic rings. The minimum Gasteiger partial charge on any atom is -0.325 e. The standard InChI is InChI=1S/C11H17N3/c1-11(5-3-2-4-6-11)10(14)9(7-12)8-13/h9-10H,2-6,14H2,1H3. The van der Waals surface area contributed by atoms with Crippen LogP contribution in [0.15, 0.2) is 0 Å². The number of nitriles is 2. The summed E-state index contributed by atoms with van der Waals surface area (Å²) in [5, 5.41) is 17.6. The van der Waals surface area contributed by atoms with Crippen molar-refractivity contribution >= 4 is 0 Å². The molecule has 0 spiro atoms. The van der Waals surface area contributed by atoms with Gasteiger partial charge in [-0.3, -0.25) is 0 Å². The molecule has 0 radical (unpaired) electrons. The van der Waals surface area contributed by atoms with Crippen molar-refractivity contribution in [2.45, 2.75) is 45.1 Å². The predicted octanol–water partition coefficient (Wildman–Crippen LogP) is 1.95. The second-order valence-electron chi connectivity index (χ2n) is 4.48. The summed E-state index contributed by atoms with van der Waals surface area (Å²) in [7, 11) is 0. The maximum atomic E-state index is 8.79. The molecule has 76 valence electrons. The molecule has 0 heterocycles. The summed E-state index contributed by atoms with van der Waals surface area (Å²) in [4.78, 5) is 0. The summed E-state index contributed by atoms with van der Waals surface area (Å²) in [6.45, 7) is 2.11. The molecule has 0 aromatic carbocycles. The Balaban J connectivity index is 2.71. The van der Waals surface area contributed by atoms with Crippen LogP contribution in [0.1, 0.15) is 39.0 Å². The minimum atomic E-state index is -0.655. The van der Waals surface area contributed by atoms with E-state index in [0.717, 1.165) is 12.8 Å². The van der Waals surface area contributed by atoms with Crippen molar-refractivity contribution in [3.05, 3.63) is 0 Å². The monoisotopic (exact) mass is 191 g/mol. The Bertz CT molecular complexity index is 251. The highest BCUT2D eigenvalue weighted by atomic mass is 14.7. The van der Waals surface area contributed by atoms with Crippen LogP contribution in [-0.4, -0.2) is 6.04 Å². The first-order valence-corrected chi connectivity index (χ1v) is 5.19. The van der Waals surface area contributed by atoms with Crippen LogP contribution in [0.4, 0.5) is 0 Å². The van der Waals surface area contributed by atoms with Gasteiger partial charge in [-0.25, -0.2) is 0 Å². The molecule has 1 rings (SSSR count). The van der Waals surface area contributed by atoms with Crippen LogP contribution in [0.5, 0.6) is 0 Å². The van der Waals surface area contributed by atoms with Crippen LogP contribution in [-0.2, 0) is 0 Å². The molecule has 3 heteroatoms. The number of rotatable bonds is 2. The van der Waals surface area contributed by atoms with Crippen molar-refractivity contribution in [2.24, 2.45) is 17.1 Å². The third kappa shape index (κ3) is 2.05. The molecule has 1 fully saturated rings. The molecule has 0 bridgehead atoms. The molecular weight excluding hydrogens is 174 g/mol. The molecule has 1 atom stereocenters. The van der Waals surface area contributed by atoms with E-state index in [1.54, 1.807) is 0 Å². The van der Waals surface area contributed by atoms with Crippen molar-refractivity contribution in [3.63, 3.8) is 0 Å². The number of nitrogens with two attached hydrogens (primary N) is 1. The second-order valence-corrected chi connectivity index (χ2v) is 4.48. The molecule has 3 nitrogen and oxygen atoms in total. The van der Waals surface area contributed by atoms with Crippen molar-refractivity contribution in [3.8, 4) is 12.1 Å². The van der Waals surface area contributed by atoms with Gasteiger partial charge >= 0.3 is 0 Å². The van der Waals surface area contributed by atoms with E-state index in [1.165, 1.54) is 19.3 Å². The maximum Gasteiger partial charge on any atom is 0.148 e. The van der Waals surface area contributed by atoms with E-state index in [9.17, 15) is 0 Å². The summed E-state index contributed by atoms with van der Waals surface area (Å²) in [6.07, 6.45) is 5.70. The third-order valence-corrected chi connectivity index (χ3v) is 3.44. The van der Waals surface area contributed by atoms with Gasteiger partial charge in [-0.1, -0.05) is 26.2 Å². The topological polar surface area (TPSA) is 73.6 Å². The number of nitrogens with zero attached hydrogens (tertiary/aromatic N) is 2. The van der Waals surface area contributed by atoms with Gasteiger partial charge in [0.05, 0.1) is 12.1 Å². The zero-order chi connectivity index (χ0) is 10.6. The molecule has 0 aromatic rings. The van der Waals surface area contributed by atoms with Crippen molar-refractivity contribution in [1.82, 2.24) is 0 Å². The van der Waals surface area contributed by atoms with E-state index in [4.69, 9.17) is 16.3 Å². The normalized spacial score (nSPS) is 22.4. The highest BCUT2D eigenvalue weighted by Crippen LogP contribution is 2.39. The SMILES string of the molecule is CC1(C(N)C(C#N)C#N)CCCCC1.